The maximum atomic E-state index is 11.0. The molecule has 96 valence electrons. The van der Waals surface area contributed by atoms with Crippen LogP contribution in [0, 0.1) is 5.92 Å². The summed E-state index contributed by atoms with van der Waals surface area (Å²) in [5.74, 6) is -1.32. The van der Waals surface area contributed by atoms with Crippen LogP contribution in [0.25, 0.3) is 0 Å². The van der Waals surface area contributed by atoms with Crippen LogP contribution in [-0.4, -0.2) is 35.1 Å². The van der Waals surface area contributed by atoms with Gasteiger partial charge in [0, 0.05) is 19.0 Å². The van der Waals surface area contributed by atoms with Gasteiger partial charge in [-0.1, -0.05) is 0 Å². The molecule has 1 aromatic heterocycles. The number of carboxylic acid groups (broad SMARTS) is 1. The van der Waals surface area contributed by atoms with Crippen molar-refractivity contribution in [2.75, 3.05) is 18.0 Å². The third-order valence-corrected chi connectivity index (χ3v) is 3.23. The summed E-state index contributed by atoms with van der Waals surface area (Å²) in [6.07, 6.45) is 3.01. The molecular weight excluding hydrogens is 234 g/mol. The fraction of sp³-hybridized carbons (Fsp3) is 0.417. The Labute approximate surface area is 104 Å². The van der Waals surface area contributed by atoms with Crippen molar-refractivity contribution in [2.24, 2.45) is 11.7 Å². The van der Waals surface area contributed by atoms with Crippen molar-refractivity contribution in [3.05, 3.63) is 24.0 Å². The molecule has 18 heavy (non-hydrogen) atoms. The van der Waals surface area contributed by atoms with E-state index in [4.69, 9.17) is 10.8 Å². The summed E-state index contributed by atoms with van der Waals surface area (Å²) in [7, 11) is 0. The summed E-state index contributed by atoms with van der Waals surface area (Å²) in [4.78, 5) is 27.7. The van der Waals surface area contributed by atoms with Crippen molar-refractivity contribution in [3.63, 3.8) is 0 Å². The van der Waals surface area contributed by atoms with Crippen molar-refractivity contribution >= 4 is 17.6 Å². The molecule has 0 saturated carbocycles. The Morgan fingerprint density at radius 1 is 1.33 bits per heavy atom. The fourth-order valence-electron chi connectivity index (χ4n) is 2.12. The zero-order valence-corrected chi connectivity index (χ0v) is 9.87. The molecule has 6 nitrogen and oxygen atoms in total. The molecule has 0 aliphatic carbocycles. The van der Waals surface area contributed by atoms with Crippen LogP contribution in [-0.2, 0) is 4.79 Å². The SMILES string of the molecule is NC(=O)C1CCN(c2ccc(C(=O)O)nc2)CC1. The van der Waals surface area contributed by atoms with Gasteiger partial charge in [0.05, 0.1) is 11.9 Å². The average molecular weight is 249 g/mol. The number of carbonyl (C=O) groups is 2. The zero-order chi connectivity index (χ0) is 13.1. The Kier molecular flexibility index (Phi) is 3.45. The average Bonchev–Trinajstić information content (AvgIpc) is 2.39. The van der Waals surface area contributed by atoms with E-state index in [9.17, 15) is 9.59 Å². The van der Waals surface area contributed by atoms with Gasteiger partial charge in [0.1, 0.15) is 5.69 Å². The number of hydrogen-bond acceptors (Lipinski definition) is 4. The molecule has 0 spiro atoms. The number of piperidine rings is 1. The van der Waals surface area contributed by atoms with Crippen LogP contribution in [0.2, 0.25) is 0 Å². The van der Waals surface area contributed by atoms with Crippen molar-refractivity contribution in [2.45, 2.75) is 12.8 Å². The number of aromatic nitrogens is 1. The Morgan fingerprint density at radius 3 is 2.44 bits per heavy atom. The lowest BCUT2D eigenvalue weighted by molar-refractivity contribution is -0.122. The largest absolute Gasteiger partial charge is 0.477 e. The molecule has 1 aliphatic rings. The summed E-state index contributed by atoms with van der Waals surface area (Å²) in [5.41, 5.74) is 6.18. The highest BCUT2D eigenvalue weighted by molar-refractivity contribution is 5.85. The first-order chi connectivity index (χ1) is 8.58. The minimum atomic E-state index is -1.03. The molecule has 3 N–H and O–H groups in total. The Hall–Kier alpha value is -2.11. The second-order valence-corrected chi connectivity index (χ2v) is 4.37. The maximum absolute atomic E-state index is 11.0. The van der Waals surface area contributed by atoms with Crippen LogP contribution in [0.1, 0.15) is 23.3 Å². The number of hydrogen-bond donors (Lipinski definition) is 2. The monoisotopic (exact) mass is 249 g/mol. The first-order valence-electron chi connectivity index (χ1n) is 5.81. The van der Waals surface area contributed by atoms with E-state index in [0.717, 1.165) is 31.6 Å². The number of nitrogens with two attached hydrogens (primary N) is 1. The van der Waals surface area contributed by atoms with E-state index in [2.05, 4.69) is 9.88 Å². The lowest BCUT2D eigenvalue weighted by Gasteiger charge is -2.32. The van der Waals surface area contributed by atoms with Crippen molar-refractivity contribution in [1.29, 1.82) is 0 Å². The standard InChI is InChI=1S/C12H15N3O3/c13-11(16)8-3-5-15(6-4-8)9-1-2-10(12(17)18)14-7-9/h1-2,7-8H,3-6H2,(H2,13,16)(H,17,18). The molecule has 1 aromatic rings. The van der Waals surface area contributed by atoms with Gasteiger partial charge in [0.25, 0.3) is 0 Å². The molecule has 6 heteroatoms. The van der Waals surface area contributed by atoms with E-state index in [1.165, 1.54) is 6.07 Å². The number of primary amides is 1. The van der Waals surface area contributed by atoms with Gasteiger partial charge in [0.2, 0.25) is 5.91 Å². The van der Waals surface area contributed by atoms with Crippen LogP contribution < -0.4 is 10.6 Å². The lowest BCUT2D eigenvalue weighted by atomic mass is 9.96. The zero-order valence-electron chi connectivity index (χ0n) is 9.87. The number of anilines is 1. The van der Waals surface area contributed by atoms with E-state index in [1.54, 1.807) is 12.3 Å². The molecule has 1 aliphatic heterocycles. The van der Waals surface area contributed by atoms with Crippen molar-refractivity contribution in [3.8, 4) is 0 Å². The molecule has 1 amide bonds. The molecule has 1 saturated heterocycles. The predicted molar refractivity (Wildman–Crippen MR) is 65.3 cm³/mol. The highest BCUT2D eigenvalue weighted by Gasteiger charge is 2.23. The van der Waals surface area contributed by atoms with E-state index in [1.807, 2.05) is 0 Å². The first kappa shape index (κ1) is 12.3. The second-order valence-electron chi connectivity index (χ2n) is 4.37. The topological polar surface area (TPSA) is 96.5 Å². The minimum absolute atomic E-state index is 0.0331. The quantitative estimate of drug-likeness (QED) is 0.812. The molecule has 1 fully saturated rings. The predicted octanol–water partition coefficient (Wildman–Crippen LogP) is 0.481. The summed E-state index contributed by atoms with van der Waals surface area (Å²) in [6.45, 7) is 1.48. The molecule has 0 aromatic carbocycles. The van der Waals surface area contributed by atoms with Gasteiger partial charge in [-0.3, -0.25) is 4.79 Å². The maximum Gasteiger partial charge on any atom is 0.354 e. The lowest BCUT2D eigenvalue weighted by Crippen LogP contribution is -2.38. The van der Waals surface area contributed by atoms with Crippen LogP contribution in [0.15, 0.2) is 18.3 Å². The van der Waals surface area contributed by atoms with E-state index in [0.29, 0.717) is 0 Å². The normalized spacial score (nSPS) is 16.6. The van der Waals surface area contributed by atoms with Gasteiger partial charge in [-0.05, 0) is 25.0 Å². The van der Waals surface area contributed by atoms with Gasteiger partial charge in [0.15, 0.2) is 0 Å². The molecule has 2 rings (SSSR count). The molecule has 0 atom stereocenters. The van der Waals surface area contributed by atoms with Gasteiger partial charge >= 0.3 is 5.97 Å². The summed E-state index contributed by atoms with van der Waals surface area (Å²) >= 11 is 0. The fourth-order valence-corrected chi connectivity index (χ4v) is 2.12. The number of nitrogens with zero attached hydrogens (tertiary/aromatic N) is 2. The number of aromatic carboxylic acids is 1. The Balaban J connectivity index is 2.01. The van der Waals surface area contributed by atoms with E-state index < -0.39 is 5.97 Å². The number of carbonyl (C=O) groups excluding carboxylic acids is 1. The molecule has 0 unspecified atom stereocenters. The van der Waals surface area contributed by atoms with E-state index in [-0.39, 0.29) is 17.5 Å². The number of amides is 1. The van der Waals surface area contributed by atoms with E-state index >= 15 is 0 Å². The first-order valence-corrected chi connectivity index (χ1v) is 5.81. The highest BCUT2D eigenvalue weighted by atomic mass is 16.4. The molecule has 0 bridgehead atoms. The molecular formula is C12H15N3O3. The Morgan fingerprint density at radius 2 is 2.00 bits per heavy atom. The van der Waals surface area contributed by atoms with Crippen LogP contribution >= 0.6 is 0 Å². The Bertz CT molecular complexity index is 450. The summed E-state index contributed by atoms with van der Waals surface area (Å²) < 4.78 is 0. The number of pyridine rings is 1. The molecule has 0 radical (unpaired) electrons. The van der Waals surface area contributed by atoms with Crippen LogP contribution in [0.3, 0.4) is 0 Å². The third kappa shape index (κ3) is 2.58. The third-order valence-electron chi connectivity index (χ3n) is 3.23. The smallest absolute Gasteiger partial charge is 0.354 e. The van der Waals surface area contributed by atoms with Gasteiger partial charge in [-0.2, -0.15) is 0 Å². The summed E-state index contributed by atoms with van der Waals surface area (Å²) in [5, 5.41) is 8.75. The van der Waals surface area contributed by atoms with Crippen molar-refractivity contribution in [1.82, 2.24) is 4.98 Å². The van der Waals surface area contributed by atoms with Crippen LogP contribution in [0.4, 0.5) is 5.69 Å². The minimum Gasteiger partial charge on any atom is -0.477 e. The highest BCUT2D eigenvalue weighted by Crippen LogP contribution is 2.22. The summed E-state index contributed by atoms with van der Waals surface area (Å²) in [6, 6.07) is 3.22. The van der Waals surface area contributed by atoms with Crippen molar-refractivity contribution < 1.29 is 14.7 Å². The number of carboxylic acids is 1. The van der Waals surface area contributed by atoms with Gasteiger partial charge in [-0.15, -0.1) is 0 Å². The number of rotatable bonds is 3. The van der Waals surface area contributed by atoms with Gasteiger partial charge < -0.3 is 15.7 Å². The molecule has 2 heterocycles. The second kappa shape index (κ2) is 5.03. The van der Waals surface area contributed by atoms with Crippen LogP contribution in [0.5, 0.6) is 0 Å². The van der Waals surface area contributed by atoms with Gasteiger partial charge in [-0.25, -0.2) is 9.78 Å².